The lowest BCUT2D eigenvalue weighted by Gasteiger charge is -2.21. The van der Waals surface area contributed by atoms with E-state index >= 15 is 0 Å². The number of ether oxygens (including phenoxy) is 6. The van der Waals surface area contributed by atoms with Crippen molar-refractivity contribution in [2.24, 2.45) is 0 Å². The van der Waals surface area contributed by atoms with Crippen LogP contribution in [-0.4, -0.2) is 96.2 Å². The summed E-state index contributed by atoms with van der Waals surface area (Å²) in [6.07, 6.45) is 60.2. The van der Waals surface area contributed by atoms with Gasteiger partial charge in [0.05, 0.1) is 45.8 Å². The molecule has 1 aromatic heterocycles. The van der Waals surface area contributed by atoms with E-state index < -0.39 is 48.2 Å². The van der Waals surface area contributed by atoms with Crippen LogP contribution in [0.3, 0.4) is 0 Å². The number of aryl methyl sites for hydroxylation is 1. The number of nitrogens with one attached hydrogen (secondary N) is 1. The molecular weight excluding hydrogens is 1170 g/mol. The molecule has 536 valence electrons. The number of esters is 2. The van der Waals surface area contributed by atoms with Crippen LogP contribution in [0.4, 0.5) is 0 Å². The number of hydrogen-bond donors (Lipinski definition) is 2. The zero-order valence-corrected chi connectivity index (χ0v) is 60.1. The van der Waals surface area contributed by atoms with Gasteiger partial charge in [0, 0.05) is 30.8 Å². The molecule has 3 rings (SSSR count). The lowest BCUT2D eigenvalue weighted by molar-refractivity contribution is -0.156. The highest BCUT2D eigenvalue weighted by molar-refractivity contribution is 5.95. The number of nitrogens with zero attached hydrogens (tertiary/aromatic N) is 2. The van der Waals surface area contributed by atoms with Gasteiger partial charge in [0.15, 0.2) is 11.5 Å². The summed E-state index contributed by atoms with van der Waals surface area (Å²) in [7, 11) is 1.67. The summed E-state index contributed by atoms with van der Waals surface area (Å²) in [5.74, 6) is -0.0389. The molecule has 2 N–H and O–H groups in total. The van der Waals surface area contributed by atoms with E-state index in [2.05, 4.69) is 25.8 Å². The van der Waals surface area contributed by atoms with Crippen molar-refractivity contribution in [1.29, 1.82) is 0 Å². The van der Waals surface area contributed by atoms with Gasteiger partial charge in [-0.1, -0.05) is 310 Å². The van der Waals surface area contributed by atoms with Crippen molar-refractivity contribution in [2.45, 2.75) is 374 Å². The van der Waals surface area contributed by atoms with Crippen LogP contribution in [0.2, 0.25) is 0 Å². The zero-order chi connectivity index (χ0) is 67.0. The Hall–Kier alpha value is -4.37. The molecule has 1 saturated heterocycles. The van der Waals surface area contributed by atoms with Gasteiger partial charge in [-0.25, -0.2) is 4.79 Å². The average molecular weight is 1310 g/mol. The Morgan fingerprint density at radius 1 is 0.505 bits per heavy atom. The molecule has 1 aromatic carbocycles. The van der Waals surface area contributed by atoms with E-state index in [0.29, 0.717) is 48.2 Å². The van der Waals surface area contributed by atoms with Crippen LogP contribution in [0.1, 0.15) is 370 Å². The molecule has 0 spiro atoms. The van der Waals surface area contributed by atoms with Gasteiger partial charge >= 0.3 is 17.6 Å². The summed E-state index contributed by atoms with van der Waals surface area (Å²) in [6.45, 7) is 9.44. The second-order valence-electron chi connectivity index (χ2n) is 27.3. The van der Waals surface area contributed by atoms with Crippen molar-refractivity contribution in [3.63, 3.8) is 0 Å². The lowest BCUT2D eigenvalue weighted by atomic mass is 10.0. The van der Waals surface area contributed by atoms with Crippen LogP contribution in [0, 0.1) is 6.92 Å². The van der Waals surface area contributed by atoms with Crippen molar-refractivity contribution < 1.29 is 47.9 Å². The lowest BCUT2D eigenvalue weighted by Crippen LogP contribution is -2.33. The minimum atomic E-state index is -0.909. The first kappa shape index (κ1) is 82.9. The molecule has 0 aliphatic carbocycles. The van der Waals surface area contributed by atoms with Crippen molar-refractivity contribution in [3.05, 3.63) is 50.3 Å². The fraction of sp³-hybridized carbons (Fsp3) is 0.833. The summed E-state index contributed by atoms with van der Waals surface area (Å²) in [5, 5.41) is 9.97. The molecule has 2 aromatic rings. The maximum absolute atomic E-state index is 14.3. The van der Waals surface area contributed by atoms with Crippen molar-refractivity contribution in [2.75, 3.05) is 46.6 Å². The van der Waals surface area contributed by atoms with Crippen LogP contribution in [0.5, 0.6) is 17.2 Å². The number of unbranched alkanes of at least 4 members (excludes halogenated alkanes) is 45. The molecule has 0 radical (unpaired) electrons. The number of carbonyl (C=O) groups excluding carboxylic acids is 3. The van der Waals surface area contributed by atoms with Gasteiger partial charge in [-0.15, -0.1) is 0 Å². The Morgan fingerprint density at radius 2 is 0.849 bits per heavy atom. The first-order chi connectivity index (χ1) is 45.5. The second-order valence-corrected chi connectivity index (χ2v) is 27.3. The molecule has 0 saturated carbocycles. The second kappa shape index (κ2) is 56.8. The summed E-state index contributed by atoms with van der Waals surface area (Å²) >= 11 is 0. The number of aromatic nitrogens is 2. The SMILES string of the molecule is CCCCCCCCCCCCCCCCCCOc1cc(C(=O)N(C)CCOC(=O)CCC(=O)OC2C[C@H](n3cc(C)c(=O)[nH]c3=O)O[C@@H]2CO)cc(OCCCCCCCCCCCCCCCCCC)c1OCCCCCCCCCCCCCCCCCC. The van der Waals surface area contributed by atoms with Crippen LogP contribution >= 0.6 is 0 Å². The van der Waals surface area contributed by atoms with Gasteiger partial charge in [-0.05, 0) is 38.3 Å². The number of rotatable bonds is 64. The zero-order valence-electron chi connectivity index (χ0n) is 60.1. The predicted octanol–water partition coefficient (Wildman–Crippen LogP) is 20.1. The van der Waals surface area contributed by atoms with Gasteiger partial charge in [0.25, 0.3) is 11.5 Å². The van der Waals surface area contributed by atoms with Crippen molar-refractivity contribution in [3.8, 4) is 17.2 Å². The molecule has 15 heteroatoms. The molecule has 93 heavy (non-hydrogen) atoms. The number of likely N-dealkylation sites (N-methyl/N-ethyl adjacent to an activating group) is 1. The first-order valence-corrected chi connectivity index (χ1v) is 38.8. The normalized spacial score (nSPS) is 14.6. The molecule has 1 unspecified atom stereocenters. The summed E-state index contributed by atoms with van der Waals surface area (Å²) in [6, 6.07) is 3.57. The Bertz CT molecular complexity index is 2230. The van der Waals surface area contributed by atoms with E-state index in [4.69, 9.17) is 28.4 Å². The number of benzene rings is 1. The summed E-state index contributed by atoms with van der Waals surface area (Å²) in [4.78, 5) is 68.3. The molecule has 1 fully saturated rings. The van der Waals surface area contributed by atoms with Gasteiger partial charge in [0.1, 0.15) is 25.0 Å². The summed E-state index contributed by atoms with van der Waals surface area (Å²) in [5.41, 5.74) is -0.507. The van der Waals surface area contributed by atoms with Crippen molar-refractivity contribution in [1.82, 2.24) is 14.5 Å². The van der Waals surface area contributed by atoms with Crippen LogP contribution in [0.25, 0.3) is 0 Å². The van der Waals surface area contributed by atoms with E-state index in [-0.39, 0.29) is 38.3 Å². The Labute approximate surface area is 565 Å². The van der Waals surface area contributed by atoms with Gasteiger partial charge in [-0.3, -0.25) is 28.7 Å². The Kier molecular flexibility index (Phi) is 50.6. The number of hydrogen-bond acceptors (Lipinski definition) is 12. The van der Waals surface area contributed by atoms with E-state index in [0.717, 1.165) is 38.5 Å². The molecular formula is C78H137N3O12. The third kappa shape index (κ3) is 40.7. The quantitative estimate of drug-likeness (QED) is 0.0472. The molecule has 3 atom stereocenters. The largest absolute Gasteiger partial charge is 0.490 e. The standard InChI is InChI=1S/C78H137N3O12/c1-6-9-12-15-18-21-24-27-30-33-36-39-42-45-48-51-57-88-69-61-67(77(86)80(5)56-60-90-73(83)54-55-74(84)93-68-63-72(92-71(68)65-82)81-64-66(4)76(85)79-78(81)87)62-70(89-58-52-49-46-43-40-37-34-31-28-25-22-19-16-13-10-7-2)75(69)91-59-53-50-47-44-41-38-35-32-29-26-23-20-17-14-11-8-3/h61-62,64,68,71-72,82H,6-60,63,65H2,1-5H3,(H,79,85,87)/t68?,71-,72-/m1/s1. The molecule has 2 heterocycles. The van der Waals surface area contributed by atoms with Gasteiger partial charge < -0.3 is 38.4 Å². The highest BCUT2D eigenvalue weighted by Gasteiger charge is 2.39. The minimum absolute atomic E-state index is 0.0584. The monoisotopic (exact) mass is 1310 g/mol. The topological polar surface area (TPSA) is 185 Å². The summed E-state index contributed by atoms with van der Waals surface area (Å²) < 4.78 is 38.0. The maximum Gasteiger partial charge on any atom is 0.330 e. The van der Waals surface area contributed by atoms with E-state index in [1.54, 1.807) is 26.1 Å². The Morgan fingerprint density at radius 3 is 1.22 bits per heavy atom. The van der Waals surface area contributed by atoms with E-state index in [9.17, 15) is 29.1 Å². The highest BCUT2D eigenvalue weighted by atomic mass is 16.6. The Balaban J connectivity index is 1.60. The van der Waals surface area contributed by atoms with Gasteiger partial charge in [0.2, 0.25) is 5.75 Å². The smallest absolute Gasteiger partial charge is 0.330 e. The molecule has 1 aliphatic heterocycles. The van der Waals surface area contributed by atoms with Crippen molar-refractivity contribution >= 4 is 17.8 Å². The van der Waals surface area contributed by atoms with Crippen LogP contribution in [-0.2, 0) is 23.8 Å². The number of H-pyrrole nitrogens is 1. The molecule has 0 bridgehead atoms. The van der Waals surface area contributed by atoms with E-state index in [1.807, 2.05) is 0 Å². The maximum atomic E-state index is 14.3. The molecule has 1 amide bonds. The first-order valence-electron chi connectivity index (χ1n) is 38.8. The van der Waals surface area contributed by atoms with Crippen LogP contribution in [0.15, 0.2) is 27.9 Å². The fourth-order valence-corrected chi connectivity index (χ4v) is 12.6. The highest BCUT2D eigenvalue weighted by Crippen LogP contribution is 2.40. The number of aliphatic hydroxyl groups is 1. The molecule has 15 nitrogen and oxygen atoms in total. The molecule has 1 aliphatic rings. The number of aliphatic hydroxyl groups excluding tert-OH is 1. The number of carbonyl (C=O) groups is 3. The van der Waals surface area contributed by atoms with Gasteiger partial charge in [-0.2, -0.15) is 0 Å². The third-order valence-corrected chi connectivity index (χ3v) is 18.7. The predicted molar refractivity (Wildman–Crippen MR) is 380 cm³/mol. The van der Waals surface area contributed by atoms with E-state index in [1.165, 1.54) is 285 Å². The van der Waals surface area contributed by atoms with Crippen LogP contribution < -0.4 is 25.5 Å². The fourth-order valence-electron chi connectivity index (χ4n) is 12.6. The number of amides is 1. The third-order valence-electron chi connectivity index (χ3n) is 18.7. The minimum Gasteiger partial charge on any atom is -0.490 e. The average Bonchev–Trinajstić information content (AvgIpc) is 1.85. The number of aromatic amines is 1.